The fourth-order valence-corrected chi connectivity index (χ4v) is 3.06. The van der Waals surface area contributed by atoms with Gasteiger partial charge in [0.25, 0.3) is 5.56 Å². The van der Waals surface area contributed by atoms with E-state index >= 15 is 0 Å². The lowest BCUT2D eigenvalue weighted by Gasteiger charge is -2.09. The number of rotatable bonds is 4. The monoisotopic (exact) mass is 381 g/mol. The van der Waals surface area contributed by atoms with Gasteiger partial charge in [-0.1, -0.05) is 28.9 Å². The highest BCUT2D eigenvalue weighted by Gasteiger charge is 2.19. The van der Waals surface area contributed by atoms with Crippen molar-refractivity contribution in [3.05, 3.63) is 75.2 Å². The predicted molar refractivity (Wildman–Crippen MR) is 103 cm³/mol. The Labute approximate surface area is 159 Å². The van der Waals surface area contributed by atoms with Crippen LogP contribution in [0.1, 0.15) is 11.3 Å². The minimum absolute atomic E-state index is 0.240. The van der Waals surface area contributed by atoms with Gasteiger partial charge in [-0.15, -0.1) is 0 Å². The van der Waals surface area contributed by atoms with Crippen LogP contribution in [0.4, 0.5) is 0 Å². The molecule has 2 aromatic carbocycles. The average molecular weight is 382 g/mol. The Morgan fingerprint density at radius 3 is 2.48 bits per heavy atom. The smallest absolute Gasteiger partial charge is 0.280 e. The zero-order valence-corrected chi connectivity index (χ0v) is 15.5. The minimum Gasteiger partial charge on any atom is -0.497 e. The second kappa shape index (κ2) is 6.89. The molecule has 4 aromatic rings. The highest BCUT2D eigenvalue weighted by atomic mass is 35.5. The molecule has 0 amide bonds. The lowest BCUT2D eigenvalue weighted by Crippen LogP contribution is -2.24. The van der Waals surface area contributed by atoms with Gasteiger partial charge in [-0.05, 0) is 48.9 Å². The van der Waals surface area contributed by atoms with Crippen molar-refractivity contribution < 1.29 is 9.26 Å². The lowest BCUT2D eigenvalue weighted by molar-refractivity contribution is 0.415. The summed E-state index contributed by atoms with van der Waals surface area (Å²) in [7, 11) is 1.61. The van der Waals surface area contributed by atoms with E-state index in [9.17, 15) is 4.79 Å². The van der Waals surface area contributed by atoms with E-state index in [1.807, 2.05) is 36.4 Å². The predicted octanol–water partition coefficient (Wildman–Crippen LogP) is 4.07. The largest absolute Gasteiger partial charge is 0.497 e. The van der Waals surface area contributed by atoms with Crippen molar-refractivity contribution in [3.8, 4) is 17.0 Å². The molecular weight excluding hydrogens is 366 g/mol. The Bertz CT molecular complexity index is 1160. The zero-order valence-electron chi connectivity index (χ0n) is 14.8. The lowest BCUT2D eigenvalue weighted by atomic mass is 10.1. The molecule has 6 nitrogen and oxygen atoms in total. The Hall–Kier alpha value is -3.12. The van der Waals surface area contributed by atoms with E-state index in [0.29, 0.717) is 33.9 Å². The molecule has 0 saturated carbocycles. The van der Waals surface area contributed by atoms with Crippen molar-refractivity contribution in [3.63, 3.8) is 0 Å². The average Bonchev–Trinajstić information content (AvgIpc) is 3.08. The maximum Gasteiger partial charge on any atom is 0.280 e. The number of benzene rings is 2. The van der Waals surface area contributed by atoms with Gasteiger partial charge < -0.3 is 9.26 Å². The minimum atomic E-state index is -0.240. The number of aryl methyl sites for hydroxylation is 1. The number of hydrogen-bond acceptors (Lipinski definition) is 5. The van der Waals surface area contributed by atoms with E-state index in [1.54, 1.807) is 26.2 Å². The van der Waals surface area contributed by atoms with Crippen molar-refractivity contribution in [1.29, 1.82) is 0 Å². The molecular formula is C20H16ClN3O3. The molecule has 136 valence electrons. The summed E-state index contributed by atoms with van der Waals surface area (Å²) in [5.41, 5.74) is 2.97. The summed E-state index contributed by atoms with van der Waals surface area (Å²) in [4.78, 5) is 12.9. The third-order valence-electron chi connectivity index (χ3n) is 4.36. The molecule has 0 fully saturated rings. The van der Waals surface area contributed by atoms with E-state index in [2.05, 4.69) is 10.3 Å². The molecule has 0 saturated heterocycles. The Morgan fingerprint density at radius 2 is 1.81 bits per heavy atom. The summed E-state index contributed by atoms with van der Waals surface area (Å²) >= 11 is 5.95. The number of fused-ring (bicyclic) bond motifs is 1. The summed E-state index contributed by atoms with van der Waals surface area (Å²) in [6.45, 7) is 2.07. The van der Waals surface area contributed by atoms with Crippen molar-refractivity contribution in [2.24, 2.45) is 0 Å². The topological polar surface area (TPSA) is 70.2 Å². The first-order chi connectivity index (χ1) is 13.1. The summed E-state index contributed by atoms with van der Waals surface area (Å²) in [6.07, 6.45) is 0. The first-order valence-electron chi connectivity index (χ1n) is 8.33. The zero-order chi connectivity index (χ0) is 19.0. The molecule has 0 unspecified atom stereocenters. The van der Waals surface area contributed by atoms with Gasteiger partial charge in [0, 0.05) is 10.6 Å². The van der Waals surface area contributed by atoms with Gasteiger partial charge in [0.2, 0.25) is 5.58 Å². The number of ether oxygens (including phenoxy) is 1. The third kappa shape index (κ3) is 3.19. The second-order valence-electron chi connectivity index (χ2n) is 6.14. The maximum atomic E-state index is 12.9. The van der Waals surface area contributed by atoms with Crippen LogP contribution in [0.3, 0.4) is 0 Å². The molecule has 0 atom stereocenters. The van der Waals surface area contributed by atoms with Crippen molar-refractivity contribution in [2.45, 2.75) is 13.5 Å². The molecule has 0 spiro atoms. The number of methoxy groups -OCH3 is 1. The van der Waals surface area contributed by atoms with E-state index in [-0.39, 0.29) is 5.56 Å². The highest BCUT2D eigenvalue weighted by molar-refractivity contribution is 6.30. The molecule has 7 heteroatoms. The Morgan fingerprint density at radius 1 is 1.11 bits per heavy atom. The second-order valence-corrected chi connectivity index (χ2v) is 6.57. The first-order valence-corrected chi connectivity index (χ1v) is 8.70. The van der Waals surface area contributed by atoms with Crippen molar-refractivity contribution in [2.75, 3.05) is 7.11 Å². The molecule has 0 aliphatic carbocycles. The summed E-state index contributed by atoms with van der Waals surface area (Å²) < 4.78 is 12.0. The number of halogens is 1. The normalized spacial score (nSPS) is 11.1. The van der Waals surface area contributed by atoms with Crippen LogP contribution < -0.4 is 10.3 Å². The van der Waals surface area contributed by atoms with Gasteiger partial charge >= 0.3 is 0 Å². The van der Waals surface area contributed by atoms with Crippen LogP contribution in [0, 0.1) is 6.92 Å². The number of nitrogens with zero attached hydrogens (tertiary/aromatic N) is 3. The summed E-state index contributed by atoms with van der Waals surface area (Å²) in [6, 6.07) is 14.7. The maximum absolute atomic E-state index is 12.9. The summed E-state index contributed by atoms with van der Waals surface area (Å²) in [5.74, 6) is 0.734. The quantitative estimate of drug-likeness (QED) is 0.533. The van der Waals surface area contributed by atoms with Gasteiger partial charge in [0.05, 0.1) is 19.3 Å². The van der Waals surface area contributed by atoms with Crippen LogP contribution in [0.25, 0.3) is 22.2 Å². The first kappa shape index (κ1) is 17.3. The van der Waals surface area contributed by atoms with E-state index in [1.165, 1.54) is 4.68 Å². The fraction of sp³-hybridized carbons (Fsp3) is 0.150. The highest BCUT2D eigenvalue weighted by Crippen LogP contribution is 2.27. The molecule has 0 aliphatic heterocycles. The van der Waals surface area contributed by atoms with Gasteiger partial charge in [0.15, 0.2) is 0 Å². The van der Waals surface area contributed by atoms with Crippen LogP contribution in [0.2, 0.25) is 5.02 Å². The third-order valence-corrected chi connectivity index (χ3v) is 4.61. The van der Waals surface area contributed by atoms with Crippen molar-refractivity contribution in [1.82, 2.24) is 14.9 Å². The van der Waals surface area contributed by atoms with Crippen LogP contribution in [-0.2, 0) is 6.54 Å². The van der Waals surface area contributed by atoms with Gasteiger partial charge in [0.1, 0.15) is 16.8 Å². The van der Waals surface area contributed by atoms with Gasteiger partial charge in [-0.25, -0.2) is 4.68 Å². The molecule has 2 heterocycles. The van der Waals surface area contributed by atoms with Crippen LogP contribution >= 0.6 is 11.6 Å². The number of aromatic nitrogens is 3. The van der Waals surface area contributed by atoms with Crippen LogP contribution in [0.5, 0.6) is 5.75 Å². The fourth-order valence-electron chi connectivity index (χ4n) is 2.93. The Balaban J connectivity index is 1.88. The molecule has 2 aromatic heterocycles. The molecule has 4 rings (SSSR count). The van der Waals surface area contributed by atoms with Gasteiger partial charge in [-0.2, -0.15) is 5.10 Å². The molecule has 0 N–H and O–H groups in total. The molecule has 0 radical (unpaired) electrons. The Kier molecular flexibility index (Phi) is 4.41. The number of hydrogen-bond donors (Lipinski definition) is 0. The van der Waals surface area contributed by atoms with E-state index in [0.717, 1.165) is 16.9 Å². The molecule has 0 bridgehead atoms. The van der Waals surface area contributed by atoms with E-state index in [4.69, 9.17) is 20.9 Å². The molecule has 27 heavy (non-hydrogen) atoms. The summed E-state index contributed by atoms with van der Waals surface area (Å²) in [5, 5.41) is 9.60. The van der Waals surface area contributed by atoms with Crippen LogP contribution in [-0.4, -0.2) is 22.0 Å². The molecule has 0 aliphatic rings. The van der Waals surface area contributed by atoms with Crippen LogP contribution in [0.15, 0.2) is 57.8 Å². The van der Waals surface area contributed by atoms with Gasteiger partial charge in [-0.3, -0.25) is 4.79 Å². The SMILES string of the molecule is COc1ccc(-c2nn(Cc3ccc(Cl)cc3)c(=O)c3c(C)noc23)cc1. The standard InChI is InChI=1S/C20H16ClN3O3/c1-12-17-19(27-23-12)18(14-5-9-16(26-2)10-6-14)22-24(20(17)25)11-13-3-7-15(21)8-4-13/h3-10H,11H2,1-2H3. The van der Waals surface area contributed by atoms with E-state index < -0.39 is 0 Å². The van der Waals surface area contributed by atoms with Crippen molar-refractivity contribution >= 4 is 22.6 Å².